The Morgan fingerprint density at radius 3 is 2.30 bits per heavy atom. The maximum absolute atomic E-state index is 6.39. The van der Waals surface area contributed by atoms with E-state index < -0.39 is 0 Å². The fraction of sp³-hybridized carbons (Fsp3) is 0.625. The number of rotatable bonds is 8. The van der Waals surface area contributed by atoms with Crippen molar-refractivity contribution < 1.29 is 4.74 Å². The van der Waals surface area contributed by atoms with E-state index in [-0.39, 0.29) is 11.6 Å². The molecule has 0 bridgehead atoms. The second-order valence-corrected chi connectivity index (χ2v) is 5.71. The highest BCUT2D eigenvalue weighted by Crippen LogP contribution is 2.39. The predicted molar refractivity (Wildman–Crippen MR) is 87.8 cm³/mol. The van der Waals surface area contributed by atoms with Crippen molar-refractivity contribution in [2.24, 2.45) is 0 Å². The number of ether oxygens (including phenoxy) is 1. The molecule has 0 saturated carbocycles. The van der Waals surface area contributed by atoms with Gasteiger partial charge in [-0.05, 0) is 50.1 Å². The fourth-order valence-electron chi connectivity index (χ4n) is 2.75. The Labute approximate surface area is 132 Å². The van der Waals surface area contributed by atoms with Gasteiger partial charge < -0.3 is 10.1 Å². The molecular weight excluding hydrogens is 293 g/mol. The van der Waals surface area contributed by atoms with Gasteiger partial charge in [-0.25, -0.2) is 0 Å². The summed E-state index contributed by atoms with van der Waals surface area (Å²) in [7, 11) is 0. The molecular formula is C16H25Cl2NO. The van der Waals surface area contributed by atoms with Crippen LogP contribution >= 0.6 is 23.2 Å². The van der Waals surface area contributed by atoms with Gasteiger partial charge in [0.2, 0.25) is 0 Å². The summed E-state index contributed by atoms with van der Waals surface area (Å²) < 4.78 is 6.13. The average Bonchev–Trinajstić information content (AvgIpc) is 2.45. The molecule has 1 N–H and O–H groups in total. The Hall–Kier alpha value is -0.280. The minimum atomic E-state index is -0.265. The predicted octanol–water partition coefficient (Wildman–Crippen LogP) is 5.24. The molecule has 20 heavy (non-hydrogen) atoms. The SMILES string of the molecule is CCNC(c1cc(Cl)ccc1Cl)C(CC)(CC)OCC. The van der Waals surface area contributed by atoms with Crippen molar-refractivity contribution in [2.75, 3.05) is 13.2 Å². The fourth-order valence-corrected chi connectivity index (χ4v) is 3.16. The number of likely N-dealkylation sites (N-methyl/N-ethyl adjacent to an activating group) is 1. The molecule has 1 aromatic rings. The van der Waals surface area contributed by atoms with E-state index >= 15 is 0 Å². The summed E-state index contributed by atoms with van der Waals surface area (Å²) in [5.74, 6) is 0. The molecule has 0 spiro atoms. The lowest BCUT2D eigenvalue weighted by molar-refractivity contribution is -0.0729. The van der Waals surface area contributed by atoms with Crippen LogP contribution in [0.15, 0.2) is 18.2 Å². The van der Waals surface area contributed by atoms with Crippen LogP contribution in [0.2, 0.25) is 10.0 Å². The standard InChI is InChI=1S/C16H25Cl2NO/c1-5-16(6-2,20-8-4)15(19-7-3)13-11-12(17)9-10-14(13)18/h9-11,15,19H,5-8H2,1-4H3. The number of hydrogen-bond acceptors (Lipinski definition) is 2. The van der Waals surface area contributed by atoms with Crippen molar-refractivity contribution in [3.05, 3.63) is 33.8 Å². The lowest BCUT2D eigenvalue weighted by Gasteiger charge is -2.40. The molecule has 0 aromatic heterocycles. The van der Waals surface area contributed by atoms with Crippen LogP contribution in [0.4, 0.5) is 0 Å². The molecule has 0 fully saturated rings. The zero-order valence-electron chi connectivity index (χ0n) is 12.8. The molecule has 0 aliphatic carbocycles. The molecule has 4 heteroatoms. The second kappa shape index (κ2) is 8.23. The Kier molecular flexibility index (Phi) is 7.32. The van der Waals surface area contributed by atoms with E-state index in [0.717, 1.165) is 30.0 Å². The topological polar surface area (TPSA) is 21.3 Å². The van der Waals surface area contributed by atoms with E-state index in [9.17, 15) is 0 Å². The van der Waals surface area contributed by atoms with Crippen molar-refractivity contribution >= 4 is 23.2 Å². The van der Waals surface area contributed by atoms with Gasteiger partial charge in [0.15, 0.2) is 0 Å². The van der Waals surface area contributed by atoms with Gasteiger partial charge in [0.25, 0.3) is 0 Å². The minimum Gasteiger partial charge on any atom is -0.373 e. The number of nitrogens with one attached hydrogen (secondary N) is 1. The van der Waals surface area contributed by atoms with Crippen LogP contribution in [0.3, 0.4) is 0 Å². The smallest absolute Gasteiger partial charge is 0.0871 e. The second-order valence-electron chi connectivity index (χ2n) is 4.86. The van der Waals surface area contributed by atoms with Crippen LogP contribution in [-0.4, -0.2) is 18.8 Å². The van der Waals surface area contributed by atoms with E-state index in [1.165, 1.54) is 0 Å². The van der Waals surface area contributed by atoms with Crippen LogP contribution in [0.5, 0.6) is 0 Å². The summed E-state index contributed by atoms with van der Waals surface area (Å²) in [6, 6.07) is 5.65. The molecule has 1 rings (SSSR count). The molecule has 114 valence electrons. The van der Waals surface area contributed by atoms with Gasteiger partial charge in [-0.15, -0.1) is 0 Å². The van der Waals surface area contributed by atoms with E-state index in [2.05, 4.69) is 26.1 Å². The first-order valence-corrected chi connectivity index (χ1v) is 8.12. The summed E-state index contributed by atoms with van der Waals surface area (Å²) in [6.45, 7) is 9.96. The van der Waals surface area contributed by atoms with Gasteiger partial charge >= 0.3 is 0 Å². The summed E-state index contributed by atoms with van der Waals surface area (Å²) in [6.07, 6.45) is 1.83. The van der Waals surface area contributed by atoms with E-state index in [1.54, 1.807) is 0 Å². The zero-order valence-corrected chi connectivity index (χ0v) is 14.3. The Morgan fingerprint density at radius 2 is 1.80 bits per heavy atom. The molecule has 1 unspecified atom stereocenters. The molecule has 0 heterocycles. The van der Waals surface area contributed by atoms with Gasteiger partial charge in [0.05, 0.1) is 11.6 Å². The summed E-state index contributed by atoms with van der Waals surface area (Å²) >= 11 is 12.5. The first kappa shape index (κ1) is 17.8. The van der Waals surface area contributed by atoms with Crippen molar-refractivity contribution in [2.45, 2.75) is 52.2 Å². The first-order valence-electron chi connectivity index (χ1n) is 7.36. The Morgan fingerprint density at radius 1 is 1.15 bits per heavy atom. The third kappa shape index (κ3) is 3.88. The van der Waals surface area contributed by atoms with Gasteiger partial charge in [0.1, 0.15) is 0 Å². The minimum absolute atomic E-state index is 0.0358. The van der Waals surface area contributed by atoms with Gasteiger partial charge in [-0.2, -0.15) is 0 Å². The van der Waals surface area contributed by atoms with Crippen LogP contribution < -0.4 is 5.32 Å². The normalized spacial score (nSPS) is 13.5. The largest absolute Gasteiger partial charge is 0.373 e. The van der Waals surface area contributed by atoms with Crippen LogP contribution in [0.1, 0.15) is 52.1 Å². The Bertz CT molecular complexity index is 419. The van der Waals surface area contributed by atoms with Crippen molar-refractivity contribution in [3.63, 3.8) is 0 Å². The van der Waals surface area contributed by atoms with Crippen molar-refractivity contribution in [3.8, 4) is 0 Å². The first-order chi connectivity index (χ1) is 9.54. The molecule has 1 atom stereocenters. The number of benzene rings is 1. The van der Waals surface area contributed by atoms with Crippen molar-refractivity contribution in [1.82, 2.24) is 5.32 Å². The highest BCUT2D eigenvalue weighted by Gasteiger charge is 2.38. The van der Waals surface area contributed by atoms with Crippen LogP contribution in [0.25, 0.3) is 0 Å². The molecule has 0 radical (unpaired) electrons. The van der Waals surface area contributed by atoms with E-state index in [4.69, 9.17) is 27.9 Å². The zero-order chi connectivity index (χ0) is 15.2. The third-order valence-electron chi connectivity index (χ3n) is 3.83. The lowest BCUT2D eigenvalue weighted by Crippen LogP contribution is -2.45. The molecule has 2 nitrogen and oxygen atoms in total. The highest BCUT2D eigenvalue weighted by atomic mass is 35.5. The molecule has 1 aromatic carbocycles. The molecule has 0 aliphatic heterocycles. The lowest BCUT2D eigenvalue weighted by atomic mass is 9.83. The van der Waals surface area contributed by atoms with Crippen LogP contribution in [0, 0.1) is 0 Å². The van der Waals surface area contributed by atoms with Crippen molar-refractivity contribution in [1.29, 1.82) is 0 Å². The van der Waals surface area contributed by atoms with Gasteiger partial charge in [0, 0.05) is 16.7 Å². The van der Waals surface area contributed by atoms with E-state index in [0.29, 0.717) is 11.6 Å². The van der Waals surface area contributed by atoms with E-state index in [1.807, 2.05) is 25.1 Å². The average molecular weight is 318 g/mol. The summed E-state index contributed by atoms with van der Waals surface area (Å²) in [4.78, 5) is 0. The van der Waals surface area contributed by atoms with Gasteiger partial charge in [-0.1, -0.05) is 44.0 Å². The van der Waals surface area contributed by atoms with Gasteiger partial charge in [-0.3, -0.25) is 0 Å². The maximum Gasteiger partial charge on any atom is 0.0871 e. The van der Waals surface area contributed by atoms with Crippen LogP contribution in [-0.2, 0) is 4.74 Å². The molecule has 0 saturated heterocycles. The summed E-state index contributed by atoms with van der Waals surface area (Å²) in [5.41, 5.74) is 0.747. The molecule has 0 aliphatic rings. The third-order valence-corrected chi connectivity index (χ3v) is 4.41. The highest BCUT2D eigenvalue weighted by molar-refractivity contribution is 6.33. The summed E-state index contributed by atoms with van der Waals surface area (Å²) in [5, 5.41) is 4.95. The number of halogens is 2. The number of hydrogen-bond donors (Lipinski definition) is 1. The quantitative estimate of drug-likeness (QED) is 0.708. The monoisotopic (exact) mass is 317 g/mol. The Balaban J connectivity index is 3.29. The maximum atomic E-state index is 6.39. The molecule has 0 amide bonds.